The molecule has 8 heteroatoms. The van der Waals surface area contributed by atoms with E-state index in [9.17, 15) is 4.79 Å². The molecule has 1 aromatic rings. The molecule has 1 aromatic carbocycles. The highest BCUT2D eigenvalue weighted by atomic mass is 16.6. The van der Waals surface area contributed by atoms with Crippen molar-refractivity contribution >= 4 is 5.97 Å². The van der Waals surface area contributed by atoms with E-state index in [1.165, 1.54) is 0 Å². The molecule has 0 bridgehead atoms. The average molecular weight is 412 g/mol. The van der Waals surface area contributed by atoms with Gasteiger partial charge in [-0.2, -0.15) is 0 Å². The summed E-state index contributed by atoms with van der Waals surface area (Å²) in [6, 6.07) is 9.63. The Labute approximate surface area is 172 Å². The molecule has 29 heavy (non-hydrogen) atoms. The third-order valence-corrected chi connectivity index (χ3v) is 3.37. The van der Waals surface area contributed by atoms with E-state index in [-0.39, 0.29) is 6.61 Å². The van der Waals surface area contributed by atoms with E-state index in [1.807, 2.05) is 30.3 Å². The van der Waals surface area contributed by atoms with Crippen molar-refractivity contribution < 1.29 is 38.0 Å². The molecule has 0 saturated heterocycles. The van der Waals surface area contributed by atoms with Gasteiger partial charge in [-0.25, -0.2) is 4.79 Å². The lowest BCUT2D eigenvalue weighted by atomic mass is 10.3. The van der Waals surface area contributed by atoms with E-state index in [0.717, 1.165) is 11.8 Å². The van der Waals surface area contributed by atoms with Crippen molar-refractivity contribution in [3.8, 4) is 5.75 Å². The SMILES string of the molecule is C=CC(=O)OCCOCCOCCOCCOCCOCCOc1ccccc1. The minimum atomic E-state index is -0.452. The summed E-state index contributed by atoms with van der Waals surface area (Å²) in [5, 5.41) is 0. The Morgan fingerprint density at radius 2 is 1.07 bits per heavy atom. The lowest BCUT2D eigenvalue weighted by Crippen LogP contribution is -2.15. The number of para-hydroxylation sites is 1. The minimum Gasteiger partial charge on any atom is -0.491 e. The number of benzene rings is 1. The summed E-state index contributed by atoms with van der Waals surface area (Å²) >= 11 is 0. The van der Waals surface area contributed by atoms with Crippen molar-refractivity contribution in [1.29, 1.82) is 0 Å². The Morgan fingerprint density at radius 3 is 1.52 bits per heavy atom. The van der Waals surface area contributed by atoms with Crippen LogP contribution < -0.4 is 4.74 Å². The van der Waals surface area contributed by atoms with Crippen LogP contribution in [0.25, 0.3) is 0 Å². The number of esters is 1. The van der Waals surface area contributed by atoms with Gasteiger partial charge in [-0.3, -0.25) is 0 Å². The average Bonchev–Trinajstić information content (AvgIpc) is 2.75. The summed E-state index contributed by atoms with van der Waals surface area (Å²) in [7, 11) is 0. The molecule has 0 spiro atoms. The molecule has 0 atom stereocenters. The van der Waals surface area contributed by atoms with Crippen LogP contribution in [-0.2, 0) is 33.2 Å². The number of hydrogen-bond acceptors (Lipinski definition) is 8. The quantitative estimate of drug-likeness (QED) is 0.182. The Bertz CT molecular complexity index is 509. The zero-order valence-corrected chi connectivity index (χ0v) is 16.9. The molecule has 0 aliphatic heterocycles. The maximum atomic E-state index is 10.8. The Balaban J connectivity index is 1.69. The van der Waals surface area contributed by atoms with Crippen LogP contribution in [0, 0.1) is 0 Å². The highest BCUT2D eigenvalue weighted by Crippen LogP contribution is 2.07. The molecule has 164 valence electrons. The van der Waals surface area contributed by atoms with Gasteiger partial charge in [-0.1, -0.05) is 24.8 Å². The van der Waals surface area contributed by atoms with E-state index in [1.54, 1.807) is 0 Å². The highest BCUT2D eigenvalue weighted by Gasteiger charge is 1.96. The lowest BCUT2D eigenvalue weighted by Gasteiger charge is -2.08. The maximum absolute atomic E-state index is 10.8. The maximum Gasteiger partial charge on any atom is 0.330 e. The van der Waals surface area contributed by atoms with Crippen molar-refractivity contribution in [2.45, 2.75) is 0 Å². The molecule has 0 aliphatic rings. The normalized spacial score (nSPS) is 10.6. The number of ether oxygens (including phenoxy) is 7. The van der Waals surface area contributed by atoms with E-state index in [4.69, 9.17) is 33.2 Å². The molecule has 0 amide bonds. The molecular weight excluding hydrogens is 380 g/mol. The van der Waals surface area contributed by atoms with Gasteiger partial charge in [-0.15, -0.1) is 0 Å². The van der Waals surface area contributed by atoms with Crippen LogP contribution >= 0.6 is 0 Å². The molecule has 1 rings (SSSR count). The summed E-state index contributed by atoms with van der Waals surface area (Å²) in [6.45, 7) is 8.81. The van der Waals surface area contributed by atoms with Crippen molar-refractivity contribution in [2.75, 3.05) is 79.3 Å². The standard InChI is InChI=1S/C21H32O8/c1-2-21(22)29-19-17-27-15-13-25-11-9-23-8-10-24-12-14-26-16-18-28-20-6-4-3-5-7-20/h2-7H,1,8-19H2. The van der Waals surface area contributed by atoms with Crippen LogP contribution in [0.3, 0.4) is 0 Å². The fraction of sp³-hybridized carbons (Fsp3) is 0.571. The lowest BCUT2D eigenvalue weighted by molar-refractivity contribution is -0.139. The van der Waals surface area contributed by atoms with E-state index in [0.29, 0.717) is 72.7 Å². The number of rotatable bonds is 20. The van der Waals surface area contributed by atoms with Crippen LogP contribution in [0.5, 0.6) is 5.75 Å². The number of hydrogen-bond donors (Lipinski definition) is 0. The molecule has 8 nitrogen and oxygen atoms in total. The minimum absolute atomic E-state index is 0.209. The molecular formula is C21H32O8. The number of carbonyl (C=O) groups excluding carboxylic acids is 1. The summed E-state index contributed by atoms with van der Waals surface area (Å²) in [6.07, 6.45) is 1.12. The number of carbonyl (C=O) groups is 1. The van der Waals surface area contributed by atoms with E-state index in [2.05, 4.69) is 6.58 Å². The van der Waals surface area contributed by atoms with Crippen LogP contribution in [0.15, 0.2) is 43.0 Å². The predicted molar refractivity (Wildman–Crippen MR) is 107 cm³/mol. The first-order valence-corrected chi connectivity index (χ1v) is 9.68. The second-order valence-electron chi connectivity index (χ2n) is 5.59. The highest BCUT2D eigenvalue weighted by molar-refractivity contribution is 5.81. The van der Waals surface area contributed by atoms with Gasteiger partial charge in [0.05, 0.1) is 66.1 Å². The second kappa shape index (κ2) is 19.4. The molecule has 0 unspecified atom stereocenters. The first kappa shape index (κ1) is 25.1. The zero-order valence-electron chi connectivity index (χ0n) is 16.9. The third-order valence-electron chi connectivity index (χ3n) is 3.37. The first-order chi connectivity index (χ1) is 14.3. The van der Waals surface area contributed by atoms with E-state index >= 15 is 0 Å². The molecule has 0 fully saturated rings. The van der Waals surface area contributed by atoms with Crippen LogP contribution in [-0.4, -0.2) is 85.3 Å². The predicted octanol–water partition coefficient (Wildman–Crippen LogP) is 1.88. The Kier molecular flexibility index (Phi) is 16.7. The molecule has 0 saturated carbocycles. The fourth-order valence-electron chi connectivity index (χ4n) is 1.98. The van der Waals surface area contributed by atoms with E-state index < -0.39 is 5.97 Å². The summed E-state index contributed by atoms with van der Waals surface area (Å²) in [5.41, 5.74) is 0. The smallest absolute Gasteiger partial charge is 0.330 e. The second-order valence-corrected chi connectivity index (χ2v) is 5.59. The Morgan fingerprint density at radius 1 is 0.655 bits per heavy atom. The van der Waals surface area contributed by atoms with Gasteiger partial charge in [0.15, 0.2) is 0 Å². The Hall–Kier alpha value is -1.97. The zero-order chi connectivity index (χ0) is 20.8. The van der Waals surface area contributed by atoms with Crippen LogP contribution in [0.1, 0.15) is 0 Å². The van der Waals surface area contributed by atoms with Crippen molar-refractivity contribution in [1.82, 2.24) is 0 Å². The summed E-state index contributed by atoms with van der Waals surface area (Å²) in [5.74, 6) is 0.388. The van der Waals surface area contributed by atoms with Gasteiger partial charge in [0.2, 0.25) is 0 Å². The van der Waals surface area contributed by atoms with Gasteiger partial charge in [0.1, 0.15) is 19.0 Å². The van der Waals surface area contributed by atoms with Gasteiger partial charge in [0, 0.05) is 6.08 Å². The summed E-state index contributed by atoms with van der Waals surface area (Å²) in [4.78, 5) is 10.8. The van der Waals surface area contributed by atoms with Gasteiger partial charge >= 0.3 is 5.97 Å². The molecule has 0 radical (unpaired) electrons. The van der Waals surface area contributed by atoms with Crippen molar-refractivity contribution in [2.24, 2.45) is 0 Å². The molecule has 0 aromatic heterocycles. The topological polar surface area (TPSA) is 81.7 Å². The largest absolute Gasteiger partial charge is 0.491 e. The summed E-state index contributed by atoms with van der Waals surface area (Å²) < 4.78 is 37.1. The van der Waals surface area contributed by atoms with Gasteiger partial charge in [-0.05, 0) is 12.1 Å². The van der Waals surface area contributed by atoms with Gasteiger partial charge < -0.3 is 33.2 Å². The molecule has 0 heterocycles. The fourth-order valence-corrected chi connectivity index (χ4v) is 1.98. The van der Waals surface area contributed by atoms with Crippen molar-refractivity contribution in [3.63, 3.8) is 0 Å². The first-order valence-electron chi connectivity index (χ1n) is 9.68. The molecule has 0 aliphatic carbocycles. The van der Waals surface area contributed by atoms with Crippen molar-refractivity contribution in [3.05, 3.63) is 43.0 Å². The van der Waals surface area contributed by atoms with Gasteiger partial charge in [0.25, 0.3) is 0 Å². The van der Waals surface area contributed by atoms with Crippen LogP contribution in [0.4, 0.5) is 0 Å². The van der Waals surface area contributed by atoms with Crippen LogP contribution in [0.2, 0.25) is 0 Å². The molecule has 0 N–H and O–H groups in total. The monoisotopic (exact) mass is 412 g/mol. The third kappa shape index (κ3) is 16.7.